The fraction of sp³-hybridized carbons (Fsp3) is 0.0909. The van der Waals surface area contributed by atoms with Crippen LogP contribution in [0.15, 0.2) is 60.7 Å². The van der Waals surface area contributed by atoms with Crippen LogP contribution in [0.25, 0.3) is 16.5 Å². The molecular formula is C22H19ClN2O2S. The summed E-state index contributed by atoms with van der Waals surface area (Å²) in [4.78, 5) is 25.6. The number of nitrogens with one attached hydrogen (secondary N) is 2. The number of amides is 2. The normalized spacial score (nSPS) is 10.8. The molecule has 4 nitrogen and oxygen atoms in total. The summed E-state index contributed by atoms with van der Waals surface area (Å²) in [6.45, 7) is 3.30. The molecule has 6 heteroatoms. The fourth-order valence-corrected chi connectivity index (χ4v) is 3.68. The number of carbonyl (C=O) groups excluding carboxylic acids is 2. The van der Waals surface area contributed by atoms with Crippen molar-refractivity contribution in [2.75, 3.05) is 10.6 Å². The van der Waals surface area contributed by atoms with Crippen LogP contribution in [-0.4, -0.2) is 11.8 Å². The lowest BCUT2D eigenvalue weighted by Gasteiger charge is -2.11. The Balaban J connectivity index is 1.68. The van der Waals surface area contributed by atoms with Gasteiger partial charge in [-0.3, -0.25) is 9.59 Å². The largest absolute Gasteiger partial charge is 0.326 e. The minimum atomic E-state index is -0.232. The molecule has 0 saturated carbocycles. The highest BCUT2D eigenvalue weighted by Crippen LogP contribution is 2.30. The van der Waals surface area contributed by atoms with Crippen LogP contribution in [0.5, 0.6) is 0 Å². The number of hydrogen-bond acceptors (Lipinski definition) is 3. The molecule has 0 aliphatic carbocycles. The summed E-state index contributed by atoms with van der Waals surface area (Å²) in [5, 5.41) is 6.31. The molecule has 2 amide bonds. The lowest BCUT2D eigenvalue weighted by molar-refractivity contribution is -0.114. The van der Waals surface area contributed by atoms with Gasteiger partial charge < -0.3 is 10.6 Å². The van der Waals surface area contributed by atoms with Crippen LogP contribution in [0.2, 0.25) is 5.02 Å². The molecule has 0 atom stereocenters. The molecule has 142 valence electrons. The molecular weight excluding hydrogens is 392 g/mol. The number of anilines is 2. The first-order valence-electron chi connectivity index (χ1n) is 8.64. The Morgan fingerprint density at radius 1 is 0.964 bits per heavy atom. The van der Waals surface area contributed by atoms with Gasteiger partial charge in [0.1, 0.15) is 0 Å². The van der Waals surface area contributed by atoms with E-state index in [1.807, 2.05) is 43.3 Å². The van der Waals surface area contributed by atoms with Gasteiger partial charge in [0.05, 0.1) is 0 Å². The zero-order valence-corrected chi connectivity index (χ0v) is 17.0. The molecule has 3 aromatic rings. The average Bonchev–Trinajstić information content (AvgIpc) is 3.13. The maximum absolute atomic E-state index is 12.3. The summed E-state index contributed by atoms with van der Waals surface area (Å²) in [6, 6.07) is 17.0. The number of thiophene rings is 1. The Bertz CT molecular complexity index is 1040. The molecule has 1 aromatic heterocycles. The maximum atomic E-state index is 12.3. The van der Waals surface area contributed by atoms with Gasteiger partial charge in [0.25, 0.3) is 0 Å². The van der Waals surface area contributed by atoms with Crippen molar-refractivity contribution < 1.29 is 9.59 Å². The highest BCUT2D eigenvalue weighted by molar-refractivity contribution is 7.16. The van der Waals surface area contributed by atoms with E-state index in [9.17, 15) is 9.59 Å². The first-order valence-corrected chi connectivity index (χ1v) is 9.84. The SMILES string of the molecule is CC(=O)Nc1cccc(NC(=O)C=Cc2ccc(-c3ccc(Cl)cc3)s2)c1C. The van der Waals surface area contributed by atoms with Crippen molar-refractivity contribution in [3.8, 4) is 10.4 Å². The Morgan fingerprint density at radius 3 is 2.32 bits per heavy atom. The lowest BCUT2D eigenvalue weighted by atomic mass is 10.1. The first kappa shape index (κ1) is 19.9. The van der Waals surface area contributed by atoms with E-state index in [4.69, 9.17) is 11.6 Å². The Labute approximate surface area is 172 Å². The van der Waals surface area contributed by atoms with Gasteiger partial charge in [-0.15, -0.1) is 11.3 Å². The predicted octanol–water partition coefficient (Wildman–Crippen LogP) is 5.99. The molecule has 0 radical (unpaired) electrons. The van der Waals surface area contributed by atoms with Crippen molar-refractivity contribution in [2.24, 2.45) is 0 Å². The van der Waals surface area contributed by atoms with Gasteiger partial charge in [-0.25, -0.2) is 0 Å². The van der Waals surface area contributed by atoms with E-state index in [1.165, 1.54) is 13.0 Å². The van der Waals surface area contributed by atoms with Crippen molar-refractivity contribution >= 4 is 52.2 Å². The molecule has 28 heavy (non-hydrogen) atoms. The second-order valence-electron chi connectivity index (χ2n) is 6.19. The quantitative estimate of drug-likeness (QED) is 0.508. The topological polar surface area (TPSA) is 58.2 Å². The van der Waals surface area contributed by atoms with Gasteiger partial charge in [-0.2, -0.15) is 0 Å². The molecule has 0 spiro atoms. The third-order valence-electron chi connectivity index (χ3n) is 4.06. The van der Waals surface area contributed by atoms with Crippen LogP contribution in [0.4, 0.5) is 11.4 Å². The van der Waals surface area contributed by atoms with Crippen LogP contribution in [0, 0.1) is 6.92 Å². The minimum Gasteiger partial charge on any atom is -0.326 e. The standard InChI is InChI=1S/C22H19ClN2O2S/c1-14-19(24-15(2)26)4-3-5-20(14)25-22(27)13-11-18-10-12-21(28-18)16-6-8-17(23)9-7-16/h3-13H,1-2H3,(H,24,26)(H,25,27). The number of hydrogen-bond donors (Lipinski definition) is 2. The van der Waals surface area contributed by atoms with Crippen LogP contribution in [-0.2, 0) is 9.59 Å². The summed E-state index contributed by atoms with van der Waals surface area (Å²) >= 11 is 7.52. The smallest absolute Gasteiger partial charge is 0.248 e. The van der Waals surface area contributed by atoms with E-state index in [0.29, 0.717) is 16.4 Å². The zero-order chi connectivity index (χ0) is 20.1. The van der Waals surface area contributed by atoms with E-state index in [1.54, 1.807) is 35.6 Å². The number of benzene rings is 2. The first-order chi connectivity index (χ1) is 13.4. The summed E-state index contributed by atoms with van der Waals surface area (Å²) in [5.41, 5.74) is 3.23. The minimum absolute atomic E-state index is 0.152. The van der Waals surface area contributed by atoms with E-state index in [0.717, 1.165) is 20.9 Å². The highest BCUT2D eigenvalue weighted by atomic mass is 35.5. The van der Waals surface area contributed by atoms with Gasteiger partial charge in [0.15, 0.2) is 0 Å². The number of carbonyl (C=O) groups is 2. The highest BCUT2D eigenvalue weighted by Gasteiger charge is 2.07. The molecule has 1 heterocycles. The van der Waals surface area contributed by atoms with E-state index in [-0.39, 0.29) is 11.8 Å². The van der Waals surface area contributed by atoms with E-state index < -0.39 is 0 Å². The number of rotatable bonds is 5. The lowest BCUT2D eigenvalue weighted by Crippen LogP contribution is -2.11. The number of halogens is 1. The van der Waals surface area contributed by atoms with Gasteiger partial charge in [0, 0.05) is 39.2 Å². The van der Waals surface area contributed by atoms with Crippen molar-refractivity contribution in [3.63, 3.8) is 0 Å². The Kier molecular flexibility index (Phi) is 6.29. The second kappa shape index (κ2) is 8.87. The van der Waals surface area contributed by atoms with Crippen LogP contribution >= 0.6 is 22.9 Å². The summed E-state index contributed by atoms with van der Waals surface area (Å²) in [5.74, 6) is -0.384. The molecule has 0 saturated heterocycles. The van der Waals surface area contributed by atoms with Crippen molar-refractivity contribution in [3.05, 3.63) is 76.1 Å². The van der Waals surface area contributed by atoms with Gasteiger partial charge in [0.2, 0.25) is 11.8 Å². The van der Waals surface area contributed by atoms with Crippen molar-refractivity contribution in [2.45, 2.75) is 13.8 Å². The van der Waals surface area contributed by atoms with Crippen LogP contribution in [0.1, 0.15) is 17.4 Å². The van der Waals surface area contributed by atoms with Crippen LogP contribution < -0.4 is 10.6 Å². The summed E-state index contributed by atoms with van der Waals surface area (Å²) < 4.78 is 0. The predicted molar refractivity (Wildman–Crippen MR) is 118 cm³/mol. The fourth-order valence-electron chi connectivity index (χ4n) is 2.64. The molecule has 3 rings (SSSR count). The average molecular weight is 411 g/mol. The maximum Gasteiger partial charge on any atom is 0.248 e. The summed E-state index contributed by atoms with van der Waals surface area (Å²) in [7, 11) is 0. The Hall–Kier alpha value is -2.89. The summed E-state index contributed by atoms with van der Waals surface area (Å²) in [6.07, 6.45) is 3.29. The van der Waals surface area contributed by atoms with Crippen molar-refractivity contribution in [1.82, 2.24) is 0 Å². The third-order valence-corrected chi connectivity index (χ3v) is 5.41. The van der Waals surface area contributed by atoms with Crippen LogP contribution in [0.3, 0.4) is 0 Å². The molecule has 0 bridgehead atoms. The van der Waals surface area contributed by atoms with Gasteiger partial charge >= 0.3 is 0 Å². The zero-order valence-electron chi connectivity index (χ0n) is 15.5. The monoisotopic (exact) mass is 410 g/mol. The van der Waals surface area contributed by atoms with E-state index in [2.05, 4.69) is 10.6 Å². The van der Waals surface area contributed by atoms with Crippen molar-refractivity contribution in [1.29, 1.82) is 0 Å². The van der Waals surface area contributed by atoms with E-state index >= 15 is 0 Å². The Morgan fingerprint density at radius 2 is 1.64 bits per heavy atom. The molecule has 0 aliphatic rings. The molecule has 0 unspecified atom stereocenters. The van der Waals surface area contributed by atoms with Gasteiger partial charge in [-0.1, -0.05) is 29.8 Å². The van der Waals surface area contributed by atoms with Gasteiger partial charge in [-0.05, 0) is 60.5 Å². The molecule has 0 aliphatic heterocycles. The molecule has 2 aromatic carbocycles. The third kappa shape index (κ3) is 5.09. The molecule has 2 N–H and O–H groups in total. The second-order valence-corrected chi connectivity index (χ2v) is 7.74. The molecule has 0 fully saturated rings.